The molecule has 0 amide bonds. The quantitative estimate of drug-likeness (QED) is 0.240. The van der Waals surface area contributed by atoms with Gasteiger partial charge in [-0.05, 0) is 136 Å². The first-order valence-electron chi connectivity index (χ1n) is 15.0. The van der Waals surface area contributed by atoms with Crippen LogP contribution in [0.25, 0.3) is 11.1 Å². The number of rotatable bonds is 7. The highest BCUT2D eigenvalue weighted by Gasteiger charge is 2.32. The highest BCUT2D eigenvalue weighted by molar-refractivity contribution is 5.66. The van der Waals surface area contributed by atoms with Crippen molar-refractivity contribution >= 4 is 0 Å². The first-order chi connectivity index (χ1) is 20.5. The van der Waals surface area contributed by atoms with Crippen molar-refractivity contribution < 1.29 is 17.9 Å². The molecule has 2 fully saturated rings. The molecule has 0 atom stereocenters. The molecular weight excluding hydrogens is 529 g/mol. The number of halogens is 3. The summed E-state index contributed by atoms with van der Waals surface area (Å²) in [6, 6.07) is 7.37. The van der Waals surface area contributed by atoms with Crippen LogP contribution in [-0.2, 0) is 0 Å². The Morgan fingerprint density at radius 3 is 2.12 bits per heavy atom. The van der Waals surface area contributed by atoms with Gasteiger partial charge in [-0.25, -0.2) is 8.78 Å². The van der Waals surface area contributed by atoms with E-state index in [0.29, 0.717) is 5.56 Å². The minimum atomic E-state index is -1.19. The van der Waals surface area contributed by atoms with Crippen molar-refractivity contribution in [2.24, 2.45) is 17.8 Å². The summed E-state index contributed by atoms with van der Waals surface area (Å²) >= 11 is 0. The summed E-state index contributed by atoms with van der Waals surface area (Å²) in [7, 11) is 0. The van der Waals surface area contributed by atoms with Crippen LogP contribution in [0.1, 0.15) is 89.5 Å². The fraction of sp³-hybridized carbons (Fsp3) is 0.421. The van der Waals surface area contributed by atoms with Gasteiger partial charge in [0.2, 0.25) is 5.82 Å². The zero-order valence-corrected chi connectivity index (χ0v) is 24.5. The van der Waals surface area contributed by atoms with Crippen LogP contribution in [0.2, 0.25) is 0 Å². The van der Waals surface area contributed by atoms with Gasteiger partial charge in [0.15, 0.2) is 11.6 Å². The minimum Gasteiger partial charge on any atom is -0.403 e. The van der Waals surface area contributed by atoms with E-state index in [1.54, 1.807) is 19.1 Å². The predicted octanol–water partition coefficient (Wildman–Crippen LogP) is 9.58. The summed E-state index contributed by atoms with van der Waals surface area (Å²) in [5.41, 5.74) is 0.925. The monoisotopic (exact) mass is 566 g/mol. The Balaban J connectivity index is 1.33. The molecule has 0 aromatic heterocycles. The molecule has 0 radical (unpaired) electrons. The Morgan fingerprint density at radius 2 is 1.45 bits per heavy atom. The van der Waals surface area contributed by atoms with Crippen molar-refractivity contribution in [3.8, 4) is 64.4 Å². The van der Waals surface area contributed by atoms with Gasteiger partial charge >= 0.3 is 0 Å². The largest absolute Gasteiger partial charge is 0.403 e. The molecule has 4 heteroatoms. The number of benzene rings is 2. The Morgan fingerprint density at radius 1 is 0.786 bits per heavy atom. The predicted molar refractivity (Wildman–Crippen MR) is 163 cm³/mol. The fourth-order valence-electron chi connectivity index (χ4n) is 6.50. The average Bonchev–Trinajstić information content (AvgIpc) is 3.01. The maximum Gasteiger partial charge on any atom is 0.203 e. The zero-order chi connectivity index (χ0) is 29.7. The molecular formula is C38H37F3O. The second kappa shape index (κ2) is 15.9. The molecule has 42 heavy (non-hydrogen) atoms. The van der Waals surface area contributed by atoms with Crippen LogP contribution in [0.3, 0.4) is 0 Å². The zero-order valence-electron chi connectivity index (χ0n) is 24.5. The third-order valence-electron chi connectivity index (χ3n) is 8.75. The molecule has 2 aromatic carbocycles. The standard InChI is InChI=1S/C38H37F3O/c1-3-5-7-8-9-10-12-26-42-36-25-24-34(37(40)38(36)41)32-22-23-33(35(39)27-32)31-20-18-30(19-21-31)29-16-14-28(15-17-29)13-11-6-4-2/h4,6,22-25,27-31H,11,13-21H2,1-2H3. The van der Waals surface area contributed by atoms with Crippen LogP contribution in [0.15, 0.2) is 42.5 Å². The third kappa shape index (κ3) is 8.28. The summed E-state index contributed by atoms with van der Waals surface area (Å²) in [4.78, 5) is 0. The van der Waals surface area contributed by atoms with E-state index in [1.807, 2.05) is 0 Å². The fourth-order valence-corrected chi connectivity index (χ4v) is 6.50. The average molecular weight is 567 g/mol. The van der Waals surface area contributed by atoms with Crippen molar-refractivity contribution in [2.75, 3.05) is 0 Å². The van der Waals surface area contributed by atoms with E-state index in [4.69, 9.17) is 4.74 Å². The van der Waals surface area contributed by atoms with Crippen LogP contribution in [-0.4, -0.2) is 0 Å². The second-order valence-corrected chi connectivity index (χ2v) is 11.2. The Hall–Kier alpha value is -3.99. The molecule has 0 bridgehead atoms. The van der Waals surface area contributed by atoms with Gasteiger partial charge in [-0.2, -0.15) is 4.39 Å². The maximum absolute atomic E-state index is 15.3. The van der Waals surface area contributed by atoms with E-state index >= 15 is 4.39 Å². The van der Waals surface area contributed by atoms with E-state index in [2.05, 4.69) is 66.6 Å². The highest BCUT2D eigenvalue weighted by Crippen LogP contribution is 2.45. The van der Waals surface area contributed by atoms with Gasteiger partial charge in [-0.1, -0.05) is 43.0 Å². The summed E-state index contributed by atoms with van der Waals surface area (Å²) in [5, 5.41) is 0. The summed E-state index contributed by atoms with van der Waals surface area (Å²) in [6.45, 7) is 3.74. The lowest BCUT2D eigenvalue weighted by atomic mass is 9.68. The molecule has 2 saturated carbocycles. The molecule has 2 aliphatic carbocycles. The van der Waals surface area contributed by atoms with Gasteiger partial charge in [-0.3, -0.25) is 0 Å². The van der Waals surface area contributed by atoms with Crippen molar-refractivity contribution in [2.45, 2.75) is 84.0 Å². The molecule has 216 valence electrons. The summed E-state index contributed by atoms with van der Waals surface area (Å²) in [5.74, 6) is 16.9. The van der Waals surface area contributed by atoms with E-state index in [9.17, 15) is 8.78 Å². The Labute approximate surface area is 249 Å². The van der Waals surface area contributed by atoms with Crippen LogP contribution in [0, 0.1) is 82.8 Å². The summed E-state index contributed by atoms with van der Waals surface area (Å²) < 4.78 is 49.9. The van der Waals surface area contributed by atoms with Gasteiger partial charge in [-0.15, -0.1) is 0 Å². The van der Waals surface area contributed by atoms with Gasteiger partial charge < -0.3 is 4.74 Å². The molecule has 0 aliphatic heterocycles. The lowest BCUT2D eigenvalue weighted by Gasteiger charge is -2.38. The highest BCUT2D eigenvalue weighted by atomic mass is 19.2. The van der Waals surface area contributed by atoms with Gasteiger partial charge in [0, 0.05) is 23.3 Å². The Bertz CT molecular complexity index is 1510. The third-order valence-corrected chi connectivity index (χ3v) is 8.75. The van der Waals surface area contributed by atoms with Crippen LogP contribution in [0.5, 0.6) is 5.75 Å². The van der Waals surface area contributed by atoms with Crippen molar-refractivity contribution in [3.05, 3.63) is 65.5 Å². The van der Waals surface area contributed by atoms with Crippen LogP contribution in [0.4, 0.5) is 13.2 Å². The Kier molecular flexibility index (Phi) is 11.7. The lowest BCUT2D eigenvalue weighted by Crippen LogP contribution is -2.25. The summed E-state index contributed by atoms with van der Waals surface area (Å²) in [6.07, 6.45) is 18.7. The van der Waals surface area contributed by atoms with Gasteiger partial charge in [0.1, 0.15) is 11.9 Å². The molecule has 2 aromatic rings. The topological polar surface area (TPSA) is 9.23 Å². The number of hydrogen-bond donors (Lipinski definition) is 0. The lowest BCUT2D eigenvalue weighted by molar-refractivity contribution is 0.156. The normalized spacial score (nSPS) is 21.5. The maximum atomic E-state index is 15.3. The van der Waals surface area contributed by atoms with Crippen molar-refractivity contribution in [3.63, 3.8) is 0 Å². The van der Waals surface area contributed by atoms with E-state index in [-0.39, 0.29) is 28.6 Å². The van der Waals surface area contributed by atoms with Gasteiger partial charge in [0.25, 0.3) is 0 Å². The number of allylic oxidation sites excluding steroid dienone is 2. The number of hydrogen-bond acceptors (Lipinski definition) is 1. The molecule has 0 unspecified atom stereocenters. The van der Waals surface area contributed by atoms with Crippen molar-refractivity contribution in [1.82, 2.24) is 0 Å². The van der Waals surface area contributed by atoms with Crippen molar-refractivity contribution in [1.29, 1.82) is 0 Å². The molecule has 4 rings (SSSR count). The minimum absolute atomic E-state index is 0.0321. The smallest absolute Gasteiger partial charge is 0.203 e. The molecule has 0 heterocycles. The molecule has 2 aliphatic rings. The van der Waals surface area contributed by atoms with Crippen LogP contribution < -0.4 is 4.74 Å². The first kappa shape index (κ1) is 31.0. The van der Waals surface area contributed by atoms with E-state index in [0.717, 1.165) is 43.4 Å². The number of ether oxygens (including phenoxy) is 1. The molecule has 1 nitrogen and oxygen atoms in total. The van der Waals surface area contributed by atoms with E-state index < -0.39 is 11.6 Å². The van der Waals surface area contributed by atoms with E-state index in [1.165, 1.54) is 56.7 Å². The van der Waals surface area contributed by atoms with Gasteiger partial charge in [0.05, 0.1) is 0 Å². The first-order valence-corrected chi connectivity index (χ1v) is 15.0. The second-order valence-electron chi connectivity index (χ2n) is 11.2. The SMILES string of the molecule is CC#CC#CC#CC#COc1ccc(-c2ccc(C3CCC(C4CCC(CCC=CC)CC4)CC3)c(F)c2)c(F)c1F. The molecule has 0 saturated heterocycles. The van der Waals surface area contributed by atoms with Crippen LogP contribution >= 0.6 is 0 Å². The molecule has 0 N–H and O–H groups in total. The molecule has 0 spiro atoms.